The Morgan fingerprint density at radius 1 is 0.611 bits per heavy atom. The van der Waals surface area contributed by atoms with Crippen LogP contribution in [0.1, 0.15) is 52.6 Å². The Morgan fingerprint density at radius 2 is 1.17 bits per heavy atom. The summed E-state index contributed by atoms with van der Waals surface area (Å²) in [5.41, 5.74) is 3.63. The summed E-state index contributed by atoms with van der Waals surface area (Å²) in [6.45, 7) is 8.43. The van der Waals surface area contributed by atoms with E-state index >= 15 is 0 Å². The first-order valence-corrected chi connectivity index (χ1v) is 11.8. The van der Waals surface area contributed by atoms with Crippen molar-refractivity contribution >= 4 is 17.5 Å². The third-order valence-corrected chi connectivity index (χ3v) is 6.13. The van der Waals surface area contributed by atoms with Crippen LogP contribution in [0.25, 0.3) is 0 Å². The van der Waals surface area contributed by atoms with E-state index in [0.717, 1.165) is 11.3 Å². The Hall–Kier alpha value is -4.38. The molecule has 0 aliphatic carbocycles. The molecule has 0 spiro atoms. The number of imide groups is 1. The molecule has 0 fully saturated rings. The molecule has 5 rings (SSSR count). The molecule has 5 heteroatoms. The van der Waals surface area contributed by atoms with Gasteiger partial charge in [-0.15, -0.1) is 0 Å². The van der Waals surface area contributed by atoms with Gasteiger partial charge in [-0.2, -0.15) is 0 Å². The van der Waals surface area contributed by atoms with Crippen molar-refractivity contribution in [1.29, 1.82) is 0 Å². The van der Waals surface area contributed by atoms with Gasteiger partial charge in [0.2, 0.25) is 0 Å². The monoisotopic (exact) mass is 477 g/mol. The molecule has 36 heavy (non-hydrogen) atoms. The largest absolute Gasteiger partial charge is 0.457 e. The maximum atomic E-state index is 12.9. The van der Waals surface area contributed by atoms with Gasteiger partial charge in [0.25, 0.3) is 11.8 Å². The predicted molar refractivity (Wildman–Crippen MR) is 140 cm³/mol. The molecule has 1 heterocycles. The Bertz CT molecular complexity index is 1450. The molecule has 4 aromatic rings. The van der Waals surface area contributed by atoms with Crippen LogP contribution in [0.5, 0.6) is 23.0 Å². The summed E-state index contributed by atoms with van der Waals surface area (Å²) in [5.74, 6) is 1.98. The summed E-state index contributed by atoms with van der Waals surface area (Å²) in [6.07, 6.45) is 0. The topological polar surface area (TPSA) is 55.8 Å². The van der Waals surface area contributed by atoms with Crippen molar-refractivity contribution in [3.05, 3.63) is 113 Å². The molecule has 0 radical (unpaired) electrons. The van der Waals surface area contributed by atoms with Gasteiger partial charge in [0.15, 0.2) is 0 Å². The minimum atomic E-state index is -0.316. The van der Waals surface area contributed by atoms with E-state index in [4.69, 9.17) is 9.47 Å². The van der Waals surface area contributed by atoms with Gasteiger partial charge >= 0.3 is 0 Å². The minimum Gasteiger partial charge on any atom is -0.457 e. The molecule has 0 atom stereocenters. The van der Waals surface area contributed by atoms with Gasteiger partial charge in [-0.05, 0) is 78.6 Å². The fourth-order valence-corrected chi connectivity index (χ4v) is 4.15. The highest BCUT2D eigenvalue weighted by Gasteiger charge is 2.36. The van der Waals surface area contributed by atoms with Gasteiger partial charge in [-0.3, -0.25) is 9.59 Å². The number of rotatable bonds is 5. The van der Waals surface area contributed by atoms with Crippen molar-refractivity contribution in [2.45, 2.75) is 33.1 Å². The summed E-state index contributed by atoms with van der Waals surface area (Å²) in [5, 5.41) is 0. The van der Waals surface area contributed by atoms with Crippen LogP contribution in [0, 0.1) is 6.92 Å². The molecule has 1 aliphatic heterocycles. The summed E-state index contributed by atoms with van der Waals surface area (Å²) in [4.78, 5) is 26.9. The maximum Gasteiger partial charge on any atom is 0.266 e. The number of carbonyl (C=O) groups is 2. The fraction of sp³-hybridized carbons (Fsp3) is 0.161. The molecule has 5 nitrogen and oxygen atoms in total. The van der Waals surface area contributed by atoms with Crippen LogP contribution in [0.15, 0.2) is 91.0 Å². The number of anilines is 1. The molecule has 0 N–H and O–H groups in total. The normalized spacial score (nSPS) is 13.1. The van der Waals surface area contributed by atoms with Gasteiger partial charge in [0.1, 0.15) is 23.0 Å². The average Bonchev–Trinajstić information content (AvgIpc) is 3.09. The average molecular weight is 478 g/mol. The van der Waals surface area contributed by atoms with Crippen LogP contribution < -0.4 is 14.4 Å². The zero-order chi connectivity index (χ0) is 25.4. The van der Waals surface area contributed by atoms with Gasteiger partial charge in [-0.1, -0.05) is 50.6 Å². The Balaban J connectivity index is 1.28. The van der Waals surface area contributed by atoms with E-state index in [1.807, 2.05) is 49.4 Å². The number of benzene rings is 4. The van der Waals surface area contributed by atoms with Crippen LogP contribution in [-0.4, -0.2) is 11.8 Å². The summed E-state index contributed by atoms with van der Waals surface area (Å²) >= 11 is 0. The number of fused-ring (bicyclic) bond motifs is 1. The van der Waals surface area contributed by atoms with E-state index < -0.39 is 0 Å². The molecule has 1 aliphatic rings. The molecular weight excluding hydrogens is 450 g/mol. The molecular formula is C31H27NO4. The van der Waals surface area contributed by atoms with Crippen molar-refractivity contribution in [3.63, 3.8) is 0 Å². The number of amides is 2. The van der Waals surface area contributed by atoms with Gasteiger partial charge < -0.3 is 9.47 Å². The van der Waals surface area contributed by atoms with E-state index in [-0.39, 0.29) is 17.2 Å². The predicted octanol–water partition coefficient (Wildman–Crippen LogP) is 7.68. The lowest BCUT2D eigenvalue weighted by molar-refractivity contribution is 0.0926. The van der Waals surface area contributed by atoms with E-state index in [1.165, 1.54) is 10.5 Å². The van der Waals surface area contributed by atoms with Crippen molar-refractivity contribution in [1.82, 2.24) is 0 Å². The lowest BCUT2D eigenvalue weighted by atomic mass is 9.87. The number of hydrogen-bond acceptors (Lipinski definition) is 4. The number of aryl methyl sites for hydroxylation is 1. The van der Waals surface area contributed by atoms with Crippen molar-refractivity contribution in [3.8, 4) is 23.0 Å². The molecule has 180 valence electrons. The van der Waals surface area contributed by atoms with E-state index in [1.54, 1.807) is 36.4 Å². The molecule has 0 unspecified atom stereocenters. The third kappa shape index (κ3) is 4.60. The smallest absolute Gasteiger partial charge is 0.266 e. The molecule has 0 saturated heterocycles. The van der Waals surface area contributed by atoms with Crippen molar-refractivity contribution in [2.24, 2.45) is 0 Å². The second-order valence-corrected chi connectivity index (χ2v) is 9.94. The van der Waals surface area contributed by atoms with Gasteiger partial charge in [0, 0.05) is 6.07 Å². The van der Waals surface area contributed by atoms with Crippen LogP contribution in [0.4, 0.5) is 5.69 Å². The highest BCUT2D eigenvalue weighted by atomic mass is 16.5. The van der Waals surface area contributed by atoms with Gasteiger partial charge in [0.05, 0.1) is 16.8 Å². The van der Waals surface area contributed by atoms with E-state index in [2.05, 4.69) is 32.9 Å². The fourth-order valence-electron chi connectivity index (χ4n) is 4.15. The number of carbonyl (C=O) groups excluding carboxylic acids is 2. The minimum absolute atomic E-state index is 0.0835. The van der Waals surface area contributed by atoms with Crippen LogP contribution >= 0.6 is 0 Å². The van der Waals surface area contributed by atoms with E-state index in [9.17, 15) is 9.59 Å². The standard InChI is InChI=1S/C31H27NO4/c1-20-8-17-27-28(18-20)30(34)32(29(27)33)22-11-15-24(16-12-22)36-26-7-5-6-25(19-26)35-23-13-9-21(10-14-23)31(2,3)4/h5-19H,1-4H3. The molecule has 0 bridgehead atoms. The van der Waals surface area contributed by atoms with Gasteiger partial charge in [-0.25, -0.2) is 4.90 Å². The Labute approximate surface area is 210 Å². The Morgan fingerprint density at radius 3 is 1.75 bits per heavy atom. The molecule has 2 amide bonds. The number of ether oxygens (including phenoxy) is 2. The quantitative estimate of drug-likeness (QED) is 0.277. The lowest BCUT2D eigenvalue weighted by Gasteiger charge is -2.19. The SMILES string of the molecule is Cc1ccc2c(c1)C(=O)N(c1ccc(Oc3cccc(Oc4ccc(C(C)(C)C)cc4)c3)cc1)C2=O. The number of nitrogens with zero attached hydrogens (tertiary/aromatic N) is 1. The summed E-state index contributed by atoms with van der Waals surface area (Å²) in [7, 11) is 0. The highest BCUT2D eigenvalue weighted by molar-refractivity contribution is 6.34. The second kappa shape index (κ2) is 9.00. The van der Waals surface area contributed by atoms with E-state index in [0.29, 0.717) is 34.1 Å². The number of hydrogen-bond donors (Lipinski definition) is 0. The van der Waals surface area contributed by atoms with Crippen LogP contribution in [-0.2, 0) is 5.41 Å². The van der Waals surface area contributed by atoms with Crippen LogP contribution in [0.2, 0.25) is 0 Å². The first-order valence-electron chi connectivity index (χ1n) is 11.8. The highest BCUT2D eigenvalue weighted by Crippen LogP contribution is 2.33. The zero-order valence-electron chi connectivity index (χ0n) is 20.7. The van der Waals surface area contributed by atoms with Crippen LogP contribution in [0.3, 0.4) is 0 Å². The summed E-state index contributed by atoms with van der Waals surface area (Å²) in [6, 6.07) is 27.7. The first kappa shape index (κ1) is 23.4. The van der Waals surface area contributed by atoms with Crippen molar-refractivity contribution in [2.75, 3.05) is 4.90 Å². The molecule has 0 aromatic heterocycles. The summed E-state index contributed by atoms with van der Waals surface area (Å²) < 4.78 is 12.0. The lowest BCUT2D eigenvalue weighted by Crippen LogP contribution is -2.29. The first-order chi connectivity index (χ1) is 17.2. The second-order valence-electron chi connectivity index (χ2n) is 9.94. The molecule has 4 aromatic carbocycles. The maximum absolute atomic E-state index is 12.9. The third-order valence-electron chi connectivity index (χ3n) is 6.13. The zero-order valence-corrected chi connectivity index (χ0v) is 20.7. The van der Waals surface area contributed by atoms with Crippen molar-refractivity contribution < 1.29 is 19.1 Å². The Kier molecular flexibility index (Phi) is 5.84. The molecule has 0 saturated carbocycles.